The molecule has 2 saturated carbocycles. The van der Waals surface area contributed by atoms with Crippen LogP contribution >= 0.6 is 0 Å². The largest absolute Gasteiger partial charge is 0.321 e. The molecule has 2 heteroatoms. The van der Waals surface area contributed by atoms with Crippen molar-refractivity contribution in [3.63, 3.8) is 0 Å². The van der Waals surface area contributed by atoms with E-state index < -0.39 is 0 Å². The SMILES string of the molecule is C=C1CC[C@H]2C(C)(C)CCC[C@]2(C)[C@H]1C/C=C1\C(=O)Nc2ccccc21. The van der Waals surface area contributed by atoms with Crippen LogP contribution in [-0.2, 0) is 4.79 Å². The number of para-hydroxylation sites is 1. The maximum absolute atomic E-state index is 12.4. The van der Waals surface area contributed by atoms with Gasteiger partial charge in [0.25, 0.3) is 5.91 Å². The lowest BCUT2D eigenvalue weighted by atomic mass is 9.47. The Kier molecular flexibility index (Phi) is 4.13. The van der Waals surface area contributed by atoms with Gasteiger partial charge in [-0.1, -0.05) is 63.6 Å². The number of nitrogens with one attached hydrogen (secondary N) is 1. The summed E-state index contributed by atoms with van der Waals surface area (Å²) in [7, 11) is 0. The Bertz CT molecular complexity index is 787. The summed E-state index contributed by atoms with van der Waals surface area (Å²) >= 11 is 0. The van der Waals surface area contributed by atoms with Crippen molar-refractivity contribution in [2.24, 2.45) is 22.7 Å². The van der Waals surface area contributed by atoms with Crippen molar-refractivity contribution in [1.82, 2.24) is 0 Å². The highest BCUT2D eigenvalue weighted by atomic mass is 16.2. The molecule has 1 amide bonds. The van der Waals surface area contributed by atoms with Crippen LogP contribution in [0.5, 0.6) is 0 Å². The zero-order valence-electron chi connectivity index (χ0n) is 16.4. The number of hydrogen-bond acceptors (Lipinski definition) is 1. The Morgan fingerprint density at radius 2 is 2.00 bits per heavy atom. The molecular formula is C24H31NO. The van der Waals surface area contributed by atoms with E-state index in [1.807, 2.05) is 24.3 Å². The topological polar surface area (TPSA) is 29.1 Å². The zero-order chi connectivity index (χ0) is 18.5. The monoisotopic (exact) mass is 349 g/mol. The van der Waals surface area contributed by atoms with Gasteiger partial charge in [-0.05, 0) is 60.8 Å². The molecule has 1 aliphatic heterocycles. The summed E-state index contributed by atoms with van der Waals surface area (Å²) in [6, 6.07) is 8.01. The maximum atomic E-state index is 12.4. The van der Waals surface area contributed by atoms with Crippen LogP contribution in [0, 0.1) is 22.7 Å². The Labute approximate surface area is 157 Å². The van der Waals surface area contributed by atoms with Crippen molar-refractivity contribution in [1.29, 1.82) is 0 Å². The van der Waals surface area contributed by atoms with E-state index in [2.05, 4.69) is 38.7 Å². The lowest BCUT2D eigenvalue weighted by molar-refractivity contribution is -0.110. The van der Waals surface area contributed by atoms with Crippen molar-refractivity contribution in [2.75, 3.05) is 5.32 Å². The molecule has 2 fully saturated rings. The Balaban J connectivity index is 1.65. The van der Waals surface area contributed by atoms with E-state index in [0.29, 0.717) is 16.7 Å². The van der Waals surface area contributed by atoms with Crippen LogP contribution in [0.25, 0.3) is 5.57 Å². The van der Waals surface area contributed by atoms with Crippen molar-refractivity contribution >= 4 is 17.2 Å². The van der Waals surface area contributed by atoms with Gasteiger partial charge in [0, 0.05) is 16.8 Å². The van der Waals surface area contributed by atoms with Gasteiger partial charge >= 0.3 is 0 Å². The zero-order valence-corrected chi connectivity index (χ0v) is 16.4. The summed E-state index contributed by atoms with van der Waals surface area (Å²) in [5.41, 5.74) is 4.94. The van der Waals surface area contributed by atoms with Crippen molar-refractivity contribution < 1.29 is 4.79 Å². The Morgan fingerprint density at radius 1 is 1.23 bits per heavy atom. The predicted molar refractivity (Wildman–Crippen MR) is 109 cm³/mol. The van der Waals surface area contributed by atoms with Gasteiger partial charge in [-0.15, -0.1) is 0 Å². The standard InChI is InChI=1S/C24H31NO/c1-16-10-13-21-23(2,3)14-7-15-24(21,4)19(16)12-11-18-17-8-5-6-9-20(17)25-22(18)26/h5-6,8-9,11,19,21H,1,7,10,12-15H2,2-4H3,(H,25,26)/b18-11-/t19-,21-,24+/m0/s1. The Hall–Kier alpha value is -1.83. The smallest absolute Gasteiger partial charge is 0.256 e. The molecule has 2 nitrogen and oxygen atoms in total. The second-order valence-electron chi connectivity index (χ2n) is 9.50. The third kappa shape index (κ3) is 2.66. The molecule has 138 valence electrons. The van der Waals surface area contributed by atoms with E-state index >= 15 is 0 Å². The van der Waals surface area contributed by atoms with Crippen LogP contribution in [0.2, 0.25) is 0 Å². The average molecular weight is 350 g/mol. The summed E-state index contributed by atoms with van der Waals surface area (Å²) in [5, 5.41) is 3.00. The average Bonchev–Trinajstić information content (AvgIpc) is 2.89. The van der Waals surface area contributed by atoms with Crippen molar-refractivity contribution in [2.45, 2.75) is 59.3 Å². The number of benzene rings is 1. The third-order valence-electron chi connectivity index (χ3n) is 7.59. The highest BCUT2D eigenvalue weighted by Crippen LogP contribution is 2.61. The molecule has 0 bridgehead atoms. The summed E-state index contributed by atoms with van der Waals surface area (Å²) in [6.45, 7) is 11.9. The number of fused-ring (bicyclic) bond motifs is 2. The van der Waals surface area contributed by atoms with Crippen LogP contribution in [-0.4, -0.2) is 5.91 Å². The number of carbonyl (C=O) groups excluding carboxylic acids is 1. The normalized spacial score (nSPS) is 34.3. The first-order chi connectivity index (χ1) is 12.3. The molecule has 4 rings (SSSR count). The summed E-state index contributed by atoms with van der Waals surface area (Å²) in [6.07, 6.45) is 9.47. The van der Waals surface area contributed by atoms with Gasteiger partial charge in [0.2, 0.25) is 0 Å². The highest BCUT2D eigenvalue weighted by Gasteiger charge is 2.52. The van der Waals surface area contributed by atoms with Gasteiger partial charge in [0.05, 0.1) is 0 Å². The molecule has 1 aromatic rings. The minimum absolute atomic E-state index is 0.0401. The molecule has 1 aromatic carbocycles. The van der Waals surface area contributed by atoms with Gasteiger partial charge in [-0.2, -0.15) is 0 Å². The summed E-state index contributed by atoms with van der Waals surface area (Å²) < 4.78 is 0. The van der Waals surface area contributed by atoms with Gasteiger partial charge in [-0.3, -0.25) is 4.79 Å². The van der Waals surface area contributed by atoms with Crippen LogP contribution in [0.4, 0.5) is 5.69 Å². The number of carbonyl (C=O) groups is 1. The Morgan fingerprint density at radius 3 is 2.81 bits per heavy atom. The fraction of sp³-hybridized carbons (Fsp3) is 0.542. The van der Waals surface area contributed by atoms with Gasteiger partial charge in [0.15, 0.2) is 0 Å². The number of anilines is 1. The first-order valence-corrected chi connectivity index (χ1v) is 10.1. The highest BCUT2D eigenvalue weighted by molar-refractivity contribution is 6.31. The van der Waals surface area contributed by atoms with Crippen molar-refractivity contribution in [3.05, 3.63) is 48.1 Å². The maximum Gasteiger partial charge on any atom is 0.256 e. The molecule has 26 heavy (non-hydrogen) atoms. The van der Waals surface area contributed by atoms with E-state index in [4.69, 9.17) is 0 Å². The third-order valence-corrected chi connectivity index (χ3v) is 7.59. The molecule has 1 N–H and O–H groups in total. The second-order valence-corrected chi connectivity index (χ2v) is 9.50. The van der Waals surface area contributed by atoms with Gasteiger partial charge in [-0.25, -0.2) is 0 Å². The van der Waals surface area contributed by atoms with E-state index in [1.54, 1.807) is 0 Å². The lowest BCUT2D eigenvalue weighted by Gasteiger charge is -2.58. The van der Waals surface area contributed by atoms with Crippen LogP contribution in [0.3, 0.4) is 0 Å². The van der Waals surface area contributed by atoms with Crippen LogP contribution in [0.1, 0.15) is 64.9 Å². The quantitative estimate of drug-likeness (QED) is 0.499. The molecule has 1 heterocycles. The summed E-state index contributed by atoms with van der Waals surface area (Å²) in [4.78, 5) is 12.4. The van der Waals surface area contributed by atoms with Crippen LogP contribution < -0.4 is 5.32 Å². The molecule has 0 unspecified atom stereocenters. The number of hydrogen-bond donors (Lipinski definition) is 1. The molecule has 0 radical (unpaired) electrons. The van der Waals surface area contributed by atoms with Gasteiger partial charge in [0.1, 0.15) is 0 Å². The first-order valence-electron chi connectivity index (χ1n) is 10.1. The fourth-order valence-corrected chi connectivity index (χ4v) is 6.29. The summed E-state index contributed by atoms with van der Waals surface area (Å²) in [5.74, 6) is 1.27. The number of allylic oxidation sites excluding steroid dienone is 2. The van der Waals surface area contributed by atoms with E-state index in [-0.39, 0.29) is 5.91 Å². The van der Waals surface area contributed by atoms with E-state index in [1.165, 1.54) is 31.3 Å². The molecule has 3 atom stereocenters. The molecule has 0 aromatic heterocycles. The predicted octanol–water partition coefficient (Wildman–Crippen LogP) is 6.21. The van der Waals surface area contributed by atoms with Gasteiger partial charge < -0.3 is 5.32 Å². The van der Waals surface area contributed by atoms with Crippen LogP contribution in [0.15, 0.2) is 42.5 Å². The minimum atomic E-state index is 0.0401. The minimum Gasteiger partial charge on any atom is -0.321 e. The molecule has 2 aliphatic carbocycles. The second kappa shape index (κ2) is 6.11. The molecule has 0 spiro atoms. The molecule has 0 saturated heterocycles. The van der Waals surface area contributed by atoms with E-state index in [9.17, 15) is 4.79 Å². The first kappa shape index (κ1) is 17.6. The van der Waals surface area contributed by atoms with E-state index in [0.717, 1.165) is 35.6 Å². The number of amides is 1. The lowest BCUT2D eigenvalue weighted by Crippen LogP contribution is -2.49. The van der Waals surface area contributed by atoms with Crippen molar-refractivity contribution in [3.8, 4) is 0 Å². The molecule has 3 aliphatic rings. The molecular weight excluding hydrogens is 318 g/mol. The fourth-order valence-electron chi connectivity index (χ4n) is 6.29. The number of rotatable bonds is 2.